The summed E-state index contributed by atoms with van der Waals surface area (Å²) in [4.78, 5) is 4.12. The van der Waals surface area contributed by atoms with Crippen LogP contribution in [0.3, 0.4) is 0 Å². The summed E-state index contributed by atoms with van der Waals surface area (Å²) in [7, 11) is -2.13. The van der Waals surface area contributed by atoms with Gasteiger partial charge in [-0.25, -0.2) is 13.4 Å². The maximum atomic E-state index is 11.7. The number of benzene rings is 1. The molecule has 0 fully saturated rings. The van der Waals surface area contributed by atoms with Crippen LogP contribution < -0.4 is 14.8 Å². The zero-order valence-corrected chi connectivity index (χ0v) is 16.9. The van der Waals surface area contributed by atoms with Gasteiger partial charge in [-0.1, -0.05) is 12.1 Å². The summed E-state index contributed by atoms with van der Waals surface area (Å²) < 4.78 is 44.5. The molecule has 0 radical (unpaired) electrons. The van der Waals surface area contributed by atoms with E-state index >= 15 is 0 Å². The molecule has 0 bridgehead atoms. The summed E-state index contributed by atoms with van der Waals surface area (Å²) in [6.07, 6.45) is 1.58. The zero-order valence-electron chi connectivity index (χ0n) is 17.0. The monoisotopic (exact) mass is 429 g/mol. The van der Waals surface area contributed by atoms with Gasteiger partial charge < -0.3 is 14.8 Å². The van der Waals surface area contributed by atoms with Crippen LogP contribution >= 0.6 is 0 Å². The first-order valence-electron chi connectivity index (χ1n) is 9.29. The van der Waals surface area contributed by atoms with E-state index in [1.54, 1.807) is 43.6 Å². The van der Waals surface area contributed by atoms with Crippen LogP contribution in [0.2, 0.25) is 0 Å². The molecule has 0 saturated heterocycles. The van der Waals surface area contributed by atoms with Crippen molar-refractivity contribution in [2.75, 3.05) is 36.1 Å². The molecular formula is C19H20N6O4S. The Labute approximate surface area is 175 Å². The first-order valence-corrected chi connectivity index (χ1v) is 10.4. The molecule has 10 nitrogen and oxygen atoms in total. The van der Waals surface area contributed by atoms with Gasteiger partial charge in [-0.15, -0.1) is 0 Å². The van der Waals surface area contributed by atoms with Crippen LogP contribution in [0.5, 0.6) is 5.88 Å². The lowest BCUT2D eigenvalue weighted by Crippen LogP contribution is -2.15. The van der Waals surface area contributed by atoms with Gasteiger partial charge in [-0.2, -0.15) is 10.4 Å². The molecule has 3 aromatic rings. The fourth-order valence-corrected chi connectivity index (χ4v) is 3.16. The van der Waals surface area contributed by atoms with Crippen molar-refractivity contribution in [3.05, 3.63) is 48.6 Å². The number of hydrogen-bond donors (Lipinski definition) is 3. The second-order valence-corrected chi connectivity index (χ2v) is 7.74. The molecule has 30 heavy (non-hydrogen) atoms. The summed E-state index contributed by atoms with van der Waals surface area (Å²) in [5.41, 5.74) is 1.99. The average molecular weight is 429 g/mol. The van der Waals surface area contributed by atoms with Gasteiger partial charge >= 0.3 is 0 Å². The lowest BCUT2D eigenvalue weighted by molar-refractivity contribution is 0.144. The first kappa shape index (κ1) is 19.7. The second-order valence-electron chi connectivity index (χ2n) is 6.02. The molecule has 0 aliphatic heterocycles. The molecule has 0 saturated carbocycles. The number of nitrogens with one attached hydrogen (secondary N) is 3. The number of methoxy groups -OCH3 is 1. The Balaban J connectivity index is 1.72. The molecule has 1 aromatic carbocycles. The maximum Gasteiger partial charge on any atom is 0.246 e. The summed E-state index contributed by atoms with van der Waals surface area (Å²) >= 11 is 0. The Kier molecular flexibility index (Phi) is 6.38. The van der Waals surface area contributed by atoms with Crippen molar-refractivity contribution in [1.29, 1.82) is 5.26 Å². The number of hydrogen-bond acceptors (Lipinski definition) is 8. The minimum Gasteiger partial charge on any atom is -0.475 e. The molecule has 2 heterocycles. The predicted octanol–water partition coefficient (Wildman–Crippen LogP) is 2.51. The van der Waals surface area contributed by atoms with E-state index in [2.05, 4.69) is 25.2 Å². The van der Waals surface area contributed by atoms with E-state index in [1.807, 2.05) is 0 Å². The van der Waals surface area contributed by atoms with Crippen molar-refractivity contribution in [3.63, 3.8) is 0 Å². The molecule has 0 atom stereocenters. The number of aromatic amines is 1. The fraction of sp³-hybridized carbons (Fsp3) is 0.211. The number of anilines is 3. The Morgan fingerprint density at radius 1 is 1.23 bits per heavy atom. The molecule has 0 amide bonds. The van der Waals surface area contributed by atoms with Crippen LogP contribution in [0.15, 0.2) is 48.6 Å². The van der Waals surface area contributed by atoms with Gasteiger partial charge in [0.25, 0.3) is 0 Å². The molecule has 11 heteroatoms. The van der Waals surface area contributed by atoms with Crippen LogP contribution in [-0.4, -0.2) is 49.7 Å². The van der Waals surface area contributed by atoms with Crippen LogP contribution in [0.25, 0.3) is 11.3 Å². The molecule has 3 N–H and O–H groups in total. The maximum absolute atomic E-state index is 11.7. The first-order chi connectivity index (χ1) is 14.9. The highest BCUT2D eigenvalue weighted by Gasteiger charge is 2.10. The largest absolute Gasteiger partial charge is 0.475 e. The standard InChI is InChI=1S/C19H20N6O4S/c1-28-9-10-29-19-12-16(6-8-21-19)22-18-13-17(23-24-18)14-2-4-15(5-3-14)25-30(26,27)11-7-20/h2-6,8,12-13,25H,9-11H2,1H3,(H2,21,22,23,24)/i13D. The number of pyridine rings is 1. The van der Waals surface area contributed by atoms with Crippen molar-refractivity contribution in [2.24, 2.45) is 0 Å². The second kappa shape index (κ2) is 9.73. The number of nitrogens with zero attached hydrogens (tertiary/aromatic N) is 3. The fourth-order valence-electron chi connectivity index (χ4n) is 2.42. The van der Waals surface area contributed by atoms with Crippen LogP contribution in [0, 0.1) is 11.3 Å². The van der Waals surface area contributed by atoms with E-state index in [9.17, 15) is 8.42 Å². The SMILES string of the molecule is [2H]c1c(-c2ccc(NS(=O)(=O)CC#N)cc2)n[nH]c1Nc1ccnc(OCCOC)c1. The van der Waals surface area contributed by atoms with Gasteiger partial charge in [-0.05, 0) is 18.2 Å². The van der Waals surface area contributed by atoms with Crippen molar-refractivity contribution in [1.82, 2.24) is 15.2 Å². The van der Waals surface area contributed by atoms with Crippen molar-refractivity contribution < 1.29 is 19.3 Å². The van der Waals surface area contributed by atoms with Crippen LogP contribution in [0.1, 0.15) is 1.37 Å². The topological polar surface area (TPSA) is 142 Å². The molecule has 0 aliphatic rings. The highest BCUT2D eigenvalue weighted by atomic mass is 32.2. The van der Waals surface area contributed by atoms with Crippen molar-refractivity contribution in [2.45, 2.75) is 0 Å². The summed E-state index contributed by atoms with van der Waals surface area (Å²) in [5, 5.41) is 18.6. The van der Waals surface area contributed by atoms with E-state index in [1.165, 1.54) is 12.1 Å². The summed E-state index contributed by atoms with van der Waals surface area (Å²) in [6, 6.07) is 11.5. The average Bonchev–Trinajstić information content (AvgIpc) is 3.09. The van der Waals surface area contributed by atoms with Gasteiger partial charge in [0.1, 0.15) is 12.4 Å². The quantitative estimate of drug-likeness (QED) is 0.417. The summed E-state index contributed by atoms with van der Waals surface area (Å²) in [6.45, 7) is 0.812. The lowest BCUT2D eigenvalue weighted by Gasteiger charge is -2.07. The third kappa shape index (κ3) is 5.94. The van der Waals surface area contributed by atoms with Gasteiger partial charge in [0.05, 0.1) is 19.7 Å². The molecule has 2 aromatic heterocycles. The smallest absolute Gasteiger partial charge is 0.246 e. The van der Waals surface area contributed by atoms with Crippen LogP contribution in [0.4, 0.5) is 17.2 Å². The van der Waals surface area contributed by atoms with E-state index in [0.29, 0.717) is 47.5 Å². The Bertz CT molecular complexity index is 1170. The van der Waals surface area contributed by atoms with Gasteiger partial charge in [0, 0.05) is 42.4 Å². The number of aromatic nitrogens is 3. The Morgan fingerprint density at radius 2 is 2.03 bits per heavy atom. The van der Waals surface area contributed by atoms with E-state index < -0.39 is 15.8 Å². The van der Waals surface area contributed by atoms with Gasteiger partial charge in [-0.3, -0.25) is 9.82 Å². The third-order valence-electron chi connectivity index (χ3n) is 3.75. The molecule has 0 spiro atoms. The predicted molar refractivity (Wildman–Crippen MR) is 112 cm³/mol. The van der Waals surface area contributed by atoms with Crippen molar-refractivity contribution >= 4 is 27.2 Å². The number of rotatable bonds is 10. The number of sulfonamides is 1. The number of H-pyrrole nitrogens is 1. The molecule has 0 unspecified atom stereocenters. The molecule has 0 aliphatic carbocycles. The zero-order chi connectivity index (χ0) is 22.3. The molecule has 3 rings (SSSR count). The van der Waals surface area contributed by atoms with Gasteiger partial charge in [0.2, 0.25) is 15.9 Å². The lowest BCUT2D eigenvalue weighted by atomic mass is 10.1. The number of ether oxygens (including phenoxy) is 2. The van der Waals surface area contributed by atoms with Gasteiger partial charge in [0.15, 0.2) is 5.75 Å². The van der Waals surface area contributed by atoms with E-state index in [-0.39, 0.29) is 6.04 Å². The van der Waals surface area contributed by atoms with E-state index in [0.717, 1.165) is 0 Å². The van der Waals surface area contributed by atoms with Crippen molar-refractivity contribution in [3.8, 4) is 23.2 Å². The minimum absolute atomic E-state index is 0.136. The number of nitriles is 1. The minimum atomic E-state index is -3.71. The molecule has 156 valence electrons. The highest BCUT2D eigenvalue weighted by molar-refractivity contribution is 7.92. The third-order valence-corrected chi connectivity index (χ3v) is 4.81. The molecular weight excluding hydrogens is 408 g/mol. The van der Waals surface area contributed by atoms with E-state index in [4.69, 9.17) is 16.1 Å². The highest BCUT2D eigenvalue weighted by Crippen LogP contribution is 2.24. The Hall–Kier alpha value is -3.62. The normalized spacial score (nSPS) is 11.4. The summed E-state index contributed by atoms with van der Waals surface area (Å²) in [5.74, 6) is 0.166. The Morgan fingerprint density at radius 3 is 2.77 bits per heavy atom. The van der Waals surface area contributed by atoms with Crippen LogP contribution in [-0.2, 0) is 14.8 Å².